The van der Waals surface area contributed by atoms with Crippen LogP contribution in [-0.4, -0.2) is 28.9 Å². The largest absolute Gasteiger partial charge is 0.486 e. The van der Waals surface area contributed by atoms with Gasteiger partial charge in [0.15, 0.2) is 0 Å². The molecule has 24 heavy (non-hydrogen) atoms. The van der Waals surface area contributed by atoms with Gasteiger partial charge in [-0.05, 0) is 44.0 Å². The maximum atomic E-state index is 12.7. The van der Waals surface area contributed by atoms with E-state index in [1.807, 2.05) is 31.0 Å². The molecule has 6 heteroatoms. The van der Waals surface area contributed by atoms with E-state index < -0.39 is 0 Å². The van der Waals surface area contributed by atoms with E-state index >= 15 is 0 Å². The molecular formula is C18H23ClN2O2S. The first-order chi connectivity index (χ1) is 11.5. The Hall–Kier alpha value is -1.59. The third kappa shape index (κ3) is 4.48. The number of ether oxygens (including phenoxy) is 1. The van der Waals surface area contributed by atoms with Crippen LogP contribution in [0.25, 0.3) is 0 Å². The summed E-state index contributed by atoms with van der Waals surface area (Å²) >= 11 is 7.26. The molecule has 1 aromatic heterocycles. The quantitative estimate of drug-likeness (QED) is 0.696. The third-order valence-electron chi connectivity index (χ3n) is 4.02. The summed E-state index contributed by atoms with van der Waals surface area (Å²) in [5.74, 6) is 0.769. The summed E-state index contributed by atoms with van der Waals surface area (Å²) in [5, 5.41) is 1.47. The average molecular weight is 367 g/mol. The second-order valence-electron chi connectivity index (χ2n) is 5.65. The van der Waals surface area contributed by atoms with Gasteiger partial charge in [0.05, 0.1) is 5.69 Å². The molecule has 1 aromatic carbocycles. The summed E-state index contributed by atoms with van der Waals surface area (Å²) in [4.78, 5) is 19.7. The number of aryl methyl sites for hydroxylation is 1. The normalized spacial score (nSPS) is 10.9. The van der Waals surface area contributed by atoms with E-state index in [9.17, 15) is 4.79 Å². The van der Waals surface area contributed by atoms with Gasteiger partial charge in [0.25, 0.3) is 5.91 Å². The minimum Gasteiger partial charge on any atom is -0.486 e. The zero-order valence-electron chi connectivity index (χ0n) is 14.5. The van der Waals surface area contributed by atoms with Gasteiger partial charge in [-0.2, -0.15) is 0 Å². The molecule has 0 bridgehead atoms. The van der Waals surface area contributed by atoms with Crippen LogP contribution in [0.4, 0.5) is 0 Å². The topological polar surface area (TPSA) is 42.4 Å². The molecule has 1 amide bonds. The van der Waals surface area contributed by atoms with E-state index in [4.69, 9.17) is 16.3 Å². The predicted molar refractivity (Wildman–Crippen MR) is 99.1 cm³/mol. The summed E-state index contributed by atoms with van der Waals surface area (Å²) in [6, 6.07) is 7.45. The van der Waals surface area contributed by atoms with Gasteiger partial charge in [0, 0.05) is 18.1 Å². The monoisotopic (exact) mass is 366 g/mol. The van der Waals surface area contributed by atoms with Crippen LogP contribution in [-0.2, 0) is 6.61 Å². The lowest BCUT2D eigenvalue weighted by Gasteiger charge is -2.25. The second kappa shape index (κ2) is 8.49. The van der Waals surface area contributed by atoms with Gasteiger partial charge in [-0.25, -0.2) is 4.98 Å². The standard InChI is InChI=1S/C18H23ClN2O2S/c1-5-14(6-2)21(4)18(22)17-12(3)20-16(24-17)11-23-15-9-7-13(19)8-10-15/h7-10,14H,5-6,11H2,1-4H3. The van der Waals surface area contributed by atoms with Crippen LogP contribution in [0.3, 0.4) is 0 Å². The van der Waals surface area contributed by atoms with Crippen molar-refractivity contribution in [1.82, 2.24) is 9.88 Å². The van der Waals surface area contributed by atoms with Crippen molar-refractivity contribution in [2.45, 2.75) is 46.3 Å². The molecular weight excluding hydrogens is 344 g/mol. The number of thiazole rings is 1. The van der Waals surface area contributed by atoms with E-state index in [0.717, 1.165) is 29.3 Å². The fourth-order valence-electron chi connectivity index (χ4n) is 2.55. The van der Waals surface area contributed by atoms with Crippen LogP contribution < -0.4 is 4.74 Å². The number of nitrogens with zero attached hydrogens (tertiary/aromatic N) is 2. The summed E-state index contributed by atoms with van der Waals surface area (Å²) < 4.78 is 5.71. The molecule has 0 atom stereocenters. The Morgan fingerprint density at radius 2 is 1.92 bits per heavy atom. The molecule has 0 aliphatic carbocycles. The molecule has 2 rings (SSSR count). The first-order valence-corrected chi connectivity index (χ1v) is 9.27. The fourth-order valence-corrected chi connectivity index (χ4v) is 3.64. The van der Waals surface area contributed by atoms with Gasteiger partial charge in [0.1, 0.15) is 22.2 Å². The number of amides is 1. The third-order valence-corrected chi connectivity index (χ3v) is 5.39. The lowest BCUT2D eigenvalue weighted by Crippen LogP contribution is -2.36. The summed E-state index contributed by atoms with van der Waals surface area (Å²) in [6.07, 6.45) is 1.90. The van der Waals surface area contributed by atoms with Crippen molar-refractivity contribution in [3.63, 3.8) is 0 Å². The minimum atomic E-state index is 0.0384. The molecule has 1 heterocycles. The van der Waals surface area contributed by atoms with Gasteiger partial charge >= 0.3 is 0 Å². The Labute approximate surface area is 152 Å². The number of rotatable bonds is 7. The molecule has 0 fully saturated rings. The average Bonchev–Trinajstić information content (AvgIpc) is 2.95. The van der Waals surface area contributed by atoms with Crippen molar-refractivity contribution in [3.8, 4) is 5.75 Å². The van der Waals surface area contributed by atoms with Crippen molar-refractivity contribution in [2.24, 2.45) is 0 Å². The lowest BCUT2D eigenvalue weighted by molar-refractivity contribution is 0.0727. The van der Waals surface area contributed by atoms with Crippen molar-refractivity contribution < 1.29 is 9.53 Å². The van der Waals surface area contributed by atoms with Crippen LogP contribution in [0.1, 0.15) is 47.1 Å². The molecule has 0 spiro atoms. The smallest absolute Gasteiger partial charge is 0.265 e. The van der Waals surface area contributed by atoms with Gasteiger partial charge in [0.2, 0.25) is 0 Å². The Morgan fingerprint density at radius 1 is 1.29 bits per heavy atom. The van der Waals surface area contributed by atoms with Crippen LogP contribution in [0.15, 0.2) is 24.3 Å². The number of hydrogen-bond acceptors (Lipinski definition) is 4. The molecule has 0 unspecified atom stereocenters. The predicted octanol–water partition coefficient (Wildman–Crippen LogP) is 4.94. The van der Waals surface area contributed by atoms with E-state index in [1.54, 1.807) is 12.1 Å². The highest BCUT2D eigenvalue weighted by molar-refractivity contribution is 7.13. The Morgan fingerprint density at radius 3 is 2.50 bits per heavy atom. The van der Waals surface area contributed by atoms with Gasteiger partial charge in [-0.1, -0.05) is 25.4 Å². The lowest BCUT2D eigenvalue weighted by atomic mass is 10.1. The molecule has 0 radical (unpaired) electrons. The van der Waals surface area contributed by atoms with E-state index in [0.29, 0.717) is 16.5 Å². The minimum absolute atomic E-state index is 0.0384. The van der Waals surface area contributed by atoms with Crippen LogP contribution in [0, 0.1) is 6.92 Å². The van der Waals surface area contributed by atoms with Crippen molar-refractivity contribution in [3.05, 3.63) is 44.9 Å². The Kier molecular flexibility index (Phi) is 6.63. The second-order valence-corrected chi connectivity index (χ2v) is 7.17. The zero-order chi connectivity index (χ0) is 17.7. The molecule has 0 saturated heterocycles. The Balaban J connectivity index is 2.06. The van der Waals surface area contributed by atoms with Crippen molar-refractivity contribution in [2.75, 3.05) is 7.05 Å². The highest BCUT2D eigenvalue weighted by atomic mass is 35.5. The maximum Gasteiger partial charge on any atom is 0.265 e. The number of halogens is 1. The zero-order valence-corrected chi connectivity index (χ0v) is 16.1. The molecule has 4 nitrogen and oxygen atoms in total. The molecule has 2 aromatic rings. The molecule has 0 saturated carbocycles. The SMILES string of the molecule is CCC(CC)N(C)C(=O)c1sc(COc2ccc(Cl)cc2)nc1C. The highest BCUT2D eigenvalue weighted by Gasteiger charge is 2.23. The van der Waals surface area contributed by atoms with Crippen molar-refractivity contribution >= 4 is 28.8 Å². The first kappa shape index (κ1) is 18.7. The molecule has 0 aliphatic rings. The fraction of sp³-hybridized carbons (Fsp3) is 0.444. The maximum absolute atomic E-state index is 12.7. The van der Waals surface area contributed by atoms with Crippen molar-refractivity contribution in [1.29, 1.82) is 0 Å². The number of aromatic nitrogens is 1. The highest BCUT2D eigenvalue weighted by Crippen LogP contribution is 2.23. The summed E-state index contributed by atoms with van der Waals surface area (Å²) in [6.45, 7) is 6.41. The summed E-state index contributed by atoms with van der Waals surface area (Å²) in [7, 11) is 1.86. The summed E-state index contributed by atoms with van der Waals surface area (Å²) in [5.41, 5.74) is 0.762. The number of carbonyl (C=O) groups is 1. The van der Waals surface area contributed by atoms with Crippen LogP contribution in [0.5, 0.6) is 5.75 Å². The van der Waals surface area contributed by atoms with E-state index in [1.165, 1.54) is 11.3 Å². The molecule has 0 N–H and O–H groups in total. The first-order valence-electron chi connectivity index (χ1n) is 8.08. The van der Waals surface area contributed by atoms with E-state index in [-0.39, 0.29) is 11.9 Å². The van der Waals surface area contributed by atoms with Gasteiger partial charge in [-0.3, -0.25) is 4.79 Å². The van der Waals surface area contributed by atoms with E-state index in [2.05, 4.69) is 18.8 Å². The van der Waals surface area contributed by atoms with Crippen LogP contribution >= 0.6 is 22.9 Å². The van der Waals surface area contributed by atoms with Crippen LogP contribution in [0.2, 0.25) is 5.02 Å². The number of hydrogen-bond donors (Lipinski definition) is 0. The number of benzene rings is 1. The molecule has 0 aliphatic heterocycles. The van der Waals surface area contributed by atoms with Gasteiger partial charge in [-0.15, -0.1) is 11.3 Å². The number of carbonyl (C=O) groups excluding carboxylic acids is 1. The van der Waals surface area contributed by atoms with Gasteiger partial charge < -0.3 is 9.64 Å². The molecule has 130 valence electrons. The Bertz CT molecular complexity index is 681.